The van der Waals surface area contributed by atoms with Crippen LogP contribution in [0, 0.1) is 0 Å². The second-order valence-electron chi connectivity index (χ2n) is 3.67. The third-order valence-corrected chi connectivity index (χ3v) is 4.00. The van der Waals surface area contributed by atoms with E-state index in [4.69, 9.17) is 5.11 Å². The number of carboxylic acid groups (broad SMARTS) is 1. The van der Waals surface area contributed by atoms with Crippen molar-refractivity contribution in [3.63, 3.8) is 0 Å². The lowest BCUT2D eigenvalue weighted by Gasteiger charge is -2.07. The number of carboxylic acids is 1. The van der Waals surface area contributed by atoms with Gasteiger partial charge in [0, 0.05) is 6.20 Å². The molecule has 2 rings (SSSR count). The first kappa shape index (κ1) is 14.4. The lowest BCUT2D eigenvalue weighted by molar-refractivity contribution is 0.0696. The highest BCUT2D eigenvalue weighted by Crippen LogP contribution is 2.15. The van der Waals surface area contributed by atoms with Gasteiger partial charge in [-0.25, -0.2) is 14.8 Å². The smallest absolute Gasteiger partial charge is 0.337 e. The first-order valence-electron chi connectivity index (χ1n) is 5.22. The molecule has 0 amide bonds. The van der Waals surface area contributed by atoms with Gasteiger partial charge in [0.1, 0.15) is 4.60 Å². The maximum absolute atomic E-state index is 12.0. The molecule has 2 aromatic heterocycles. The van der Waals surface area contributed by atoms with Crippen molar-refractivity contribution < 1.29 is 18.3 Å². The number of nitrogens with one attached hydrogen (secondary N) is 1. The van der Waals surface area contributed by atoms with Crippen molar-refractivity contribution in [3.05, 3.63) is 46.8 Å². The Morgan fingerprint density at radius 3 is 2.40 bits per heavy atom. The molecule has 20 heavy (non-hydrogen) atoms. The molecule has 104 valence electrons. The normalized spacial score (nSPS) is 11.1. The molecular weight excluding hydrogens is 350 g/mol. The highest BCUT2D eigenvalue weighted by molar-refractivity contribution is 9.10. The van der Waals surface area contributed by atoms with Crippen molar-refractivity contribution in [2.45, 2.75) is 5.03 Å². The second-order valence-corrected chi connectivity index (χ2v) is 6.11. The summed E-state index contributed by atoms with van der Waals surface area (Å²) in [4.78, 5) is 18.2. The number of aromatic carboxylic acids is 1. The monoisotopic (exact) mass is 357 g/mol. The molecule has 7 nitrogen and oxygen atoms in total. The van der Waals surface area contributed by atoms with Gasteiger partial charge in [-0.15, -0.1) is 0 Å². The maximum atomic E-state index is 12.0. The van der Waals surface area contributed by atoms with Crippen LogP contribution in [0.2, 0.25) is 0 Å². The topological polar surface area (TPSA) is 109 Å². The molecule has 0 saturated heterocycles. The Morgan fingerprint density at radius 2 is 1.90 bits per heavy atom. The predicted octanol–water partition coefficient (Wildman–Crippen LogP) is 1.74. The number of pyridine rings is 2. The summed E-state index contributed by atoms with van der Waals surface area (Å²) >= 11 is 3.14. The fraction of sp³-hybridized carbons (Fsp3) is 0. The Bertz CT molecular complexity index is 729. The van der Waals surface area contributed by atoms with E-state index in [1.807, 2.05) is 0 Å². The molecule has 0 aliphatic rings. The number of carbonyl (C=O) groups is 1. The molecule has 0 radical (unpaired) electrons. The van der Waals surface area contributed by atoms with Gasteiger partial charge in [0.25, 0.3) is 10.0 Å². The van der Waals surface area contributed by atoms with Gasteiger partial charge in [-0.1, -0.05) is 0 Å². The third-order valence-electron chi connectivity index (χ3n) is 2.24. The van der Waals surface area contributed by atoms with Gasteiger partial charge in [-0.3, -0.25) is 4.72 Å². The molecule has 2 aromatic rings. The van der Waals surface area contributed by atoms with Crippen LogP contribution in [0.3, 0.4) is 0 Å². The molecule has 0 bridgehead atoms. The van der Waals surface area contributed by atoms with Gasteiger partial charge in [0.2, 0.25) is 0 Å². The summed E-state index contributed by atoms with van der Waals surface area (Å²) < 4.78 is 26.9. The van der Waals surface area contributed by atoms with Gasteiger partial charge < -0.3 is 5.11 Å². The number of halogens is 1. The summed E-state index contributed by atoms with van der Waals surface area (Å²) in [6.45, 7) is 0. The van der Waals surface area contributed by atoms with Crippen molar-refractivity contribution >= 4 is 37.6 Å². The van der Waals surface area contributed by atoms with Crippen molar-refractivity contribution in [2.24, 2.45) is 0 Å². The Hall–Kier alpha value is -2.00. The molecule has 0 aliphatic heterocycles. The standard InChI is InChI=1S/C11H8BrN3O4S/c12-9-3-2-8(6-13-9)15-20(18,19)10-4-1-7(5-14-10)11(16)17/h1-6,15H,(H,16,17). The minimum Gasteiger partial charge on any atom is -0.478 e. The number of aromatic nitrogens is 2. The van der Waals surface area contributed by atoms with Crippen LogP contribution in [0.15, 0.2) is 46.3 Å². The molecular formula is C11H8BrN3O4S. The van der Waals surface area contributed by atoms with Gasteiger partial charge in [0.05, 0.1) is 17.4 Å². The van der Waals surface area contributed by atoms with E-state index >= 15 is 0 Å². The summed E-state index contributed by atoms with van der Waals surface area (Å²) in [6.07, 6.45) is 2.32. The van der Waals surface area contributed by atoms with E-state index in [2.05, 4.69) is 30.6 Å². The molecule has 0 fully saturated rings. The van der Waals surface area contributed by atoms with Crippen LogP contribution in [0.1, 0.15) is 10.4 Å². The molecule has 0 atom stereocenters. The highest BCUT2D eigenvalue weighted by Gasteiger charge is 2.16. The fourth-order valence-corrected chi connectivity index (χ4v) is 2.52. The minimum atomic E-state index is -3.88. The Balaban J connectivity index is 2.26. The van der Waals surface area contributed by atoms with Crippen molar-refractivity contribution in [1.82, 2.24) is 9.97 Å². The Kier molecular flexibility index (Phi) is 4.00. The minimum absolute atomic E-state index is 0.0886. The second kappa shape index (κ2) is 5.55. The van der Waals surface area contributed by atoms with Crippen LogP contribution in [0.4, 0.5) is 5.69 Å². The van der Waals surface area contributed by atoms with Gasteiger partial charge in [0.15, 0.2) is 5.03 Å². The lowest BCUT2D eigenvalue weighted by Crippen LogP contribution is -2.15. The molecule has 0 aliphatic carbocycles. The molecule has 0 unspecified atom stereocenters. The zero-order chi connectivity index (χ0) is 14.8. The van der Waals surface area contributed by atoms with Gasteiger partial charge in [-0.05, 0) is 40.2 Å². The van der Waals surface area contributed by atoms with Crippen LogP contribution in [-0.2, 0) is 10.0 Å². The lowest BCUT2D eigenvalue weighted by atomic mass is 10.3. The average molecular weight is 358 g/mol. The van der Waals surface area contributed by atoms with E-state index in [1.165, 1.54) is 18.3 Å². The number of nitrogens with zero attached hydrogens (tertiary/aromatic N) is 2. The Labute approximate surface area is 122 Å². The van der Waals surface area contributed by atoms with Crippen LogP contribution in [-0.4, -0.2) is 29.5 Å². The number of rotatable bonds is 4. The quantitative estimate of drug-likeness (QED) is 0.806. The first-order valence-corrected chi connectivity index (χ1v) is 7.50. The number of hydrogen-bond donors (Lipinski definition) is 2. The zero-order valence-corrected chi connectivity index (χ0v) is 12.2. The predicted molar refractivity (Wildman–Crippen MR) is 73.9 cm³/mol. The maximum Gasteiger partial charge on any atom is 0.337 e. The summed E-state index contributed by atoms with van der Waals surface area (Å²) in [5.41, 5.74) is 0.187. The molecule has 0 aromatic carbocycles. The molecule has 2 N–H and O–H groups in total. The number of anilines is 1. The summed E-state index contributed by atoms with van der Waals surface area (Å²) in [6, 6.07) is 5.40. The van der Waals surface area contributed by atoms with Crippen LogP contribution < -0.4 is 4.72 Å². The number of sulfonamides is 1. The van der Waals surface area contributed by atoms with Crippen molar-refractivity contribution in [3.8, 4) is 0 Å². The summed E-state index contributed by atoms with van der Waals surface area (Å²) in [5.74, 6) is -1.17. The largest absolute Gasteiger partial charge is 0.478 e. The number of hydrogen-bond acceptors (Lipinski definition) is 5. The molecule has 0 spiro atoms. The van der Waals surface area contributed by atoms with E-state index in [0.29, 0.717) is 4.60 Å². The van der Waals surface area contributed by atoms with Crippen LogP contribution in [0.25, 0.3) is 0 Å². The zero-order valence-electron chi connectivity index (χ0n) is 9.82. The van der Waals surface area contributed by atoms with Gasteiger partial charge in [-0.2, -0.15) is 8.42 Å². The van der Waals surface area contributed by atoms with E-state index in [9.17, 15) is 13.2 Å². The summed E-state index contributed by atoms with van der Waals surface area (Å²) in [7, 11) is -3.88. The SMILES string of the molecule is O=C(O)c1ccc(S(=O)(=O)Nc2ccc(Br)nc2)nc1. The first-order chi connectivity index (χ1) is 9.38. The third kappa shape index (κ3) is 3.31. The van der Waals surface area contributed by atoms with Crippen molar-refractivity contribution in [1.29, 1.82) is 0 Å². The fourth-order valence-electron chi connectivity index (χ4n) is 1.31. The van der Waals surface area contributed by atoms with Gasteiger partial charge >= 0.3 is 5.97 Å². The highest BCUT2D eigenvalue weighted by atomic mass is 79.9. The molecule has 0 saturated carbocycles. The summed E-state index contributed by atoms with van der Waals surface area (Å²) in [5, 5.41) is 8.45. The van der Waals surface area contributed by atoms with E-state index < -0.39 is 16.0 Å². The average Bonchev–Trinajstić information content (AvgIpc) is 2.41. The van der Waals surface area contributed by atoms with E-state index in [0.717, 1.165) is 12.3 Å². The van der Waals surface area contributed by atoms with Crippen molar-refractivity contribution in [2.75, 3.05) is 4.72 Å². The Morgan fingerprint density at radius 1 is 1.15 bits per heavy atom. The molecule has 2 heterocycles. The van der Waals surface area contributed by atoms with E-state index in [-0.39, 0.29) is 16.3 Å². The van der Waals surface area contributed by atoms with E-state index in [1.54, 1.807) is 6.07 Å². The van der Waals surface area contributed by atoms with Crippen LogP contribution in [0.5, 0.6) is 0 Å². The van der Waals surface area contributed by atoms with Crippen LogP contribution >= 0.6 is 15.9 Å². The molecule has 9 heteroatoms.